The van der Waals surface area contributed by atoms with Crippen LogP contribution in [0.4, 0.5) is 0 Å². The van der Waals surface area contributed by atoms with Crippen LogP contribution in [-0.2, 0) is 0 Å². The van der Waals surface area contributed by atoms with Gasteiger partial charge in [-0.15, -0.1) is 0 Å². The van der Waals surface area contributed by atoms with Gasteiger partial charge in [-0.3, -0.25) is 4.79 Å². The molecule has 0 aliphatic rings. The van der Waals surface area contributed by atoms with Crippen LogP contribution in [0.15, 0.2) is 23.4 Å². The Bertz CT molecular complexity index is 496. The highest BCUT2D eigenvalue weighted by atomic mass is 16.5. The zero-order valence-electron chi connectivity index (χ0n) is 12.7. The number of amides is 1. The minimum absolute atomic E-state index is 0.185. The normalized spacial score (nSPS) is 11.3. The Labute approximate surface area is 119 Å². The molecular weight excluding hydrogens is 256 g/mol. The van der Waals surface area contributed by atoms with Gasteiger partial charge in [0, 0.05) is 6.54 Å². The molecule has 0 heterocycles. The number of hydrogen-bond donors (Lipinski definition) is 1. The van der Waals surface area contributed by atoms with Gasteiger partial charge in [-0.2, -0.15) is 4.91 Å². The molecule has 20 heavy (non-hydrogen) atoms. The number of hydrogen-bond acceptors (Lipinski definition) is 4. The van der Waals surface area contributed by atoms with E-state index in [1.807, 2.05) is 26.0 Å². The minimum Gasteiger partial charge on any atom is -0.496 e. The van der Waals surface area contributed by atoms with Gasteiger partial charge in [0.15, 0.2) is 0 Å². The van der Waals surface area contributed by atoms with Crippen molar-refractivity contribution in [2.45, 2.75) is 39.2 Å². The molecule has 0 aromatic heterocycles. The second-order valence-electron chi connectivity index (χ2n) is 5.67. The molecule has 0 aliphatic carbocycles. The summed E-state index contributed by atoms with van der Waals surface area (Å²) in [6.45, 7) is 7.60. The van der Waals surface area contributed by atoms with Gasteiger partial charge in [-0.05, 0) is 31.4 Å². The van der Waals surface area contributed by atoms with Crippen molar-refractivity contribution in [3.8, 4) is 5.75 Å². The largest absolute Gasteiger partial charge is 0.496 e. The number of nitrogens with one attached hydrogen (secondary N) is 1. The van der Waals surface area contributed by atoms with Crippen LogP contribution in [0, 0.1) is 4.91 Å². The maximum Gasteiger partial charge on any atom is 0.255 e. The third-order valence-electron chi connectivity index (χ3n) is 3.04. The number of nitroso groups, excluding NO2 is 1. The zero-order chi connectivity index (χ0) is 15.3. The van der Waals surface area contributed by atoms with E-state index in [4.69, 9.17) is 4.74 Å². The van der Waals surface area contributed by atoms with Gasteiger partial charge in [-0.1, -0.05) is 31.2 Å². The first-order valence-corrected chi connectivity index (χ1v) is 6.62. The predicted octanol–water partition coefficient (Wildman–Crippen LogP) is 3.09. The highest BCUT2D eigenvalue weighted by Gasteiger charge is 2.22. The van der Waals surface area contributed by atoms with E-state index in [0.29, 0.717) is 11.3 Å². The standard InChI is InChI=1S/C15H22N2O3/c1-10(2)11-7-6-8-12(13(11)20-5)14(18)16-9-15(3,4)17-19/h6-8,10H,9H2,1-5H3,(H,16,18). The number of ether oxygens (including phenoxy) is 1. The van der Waals surface area contributed by atoms with E-state index in [1.54, 1.807) is 27.0 Å². The Morgan fingerprint density at radius 1 is 1.40 bits per heavy atom. The summed E-state index contributed by atoms with van der Waals surface area (Å²) in [6, 6.07) is 5.48. The van der Waals surface area contributed by atoms with Gasteiger partial charge in [0.25, 0.3) is 5.91 Å². The smallest absolute Gasteiger partial charge is 0.255 e. The van der Waals surface area contributed by atoms with E-state index in [1.165, 1.54) is 0 Å². The summed E-state index contributed by atoms with van der Waals surface area (Å²) in [5.41, 5.74) is 0.631. The SMILES string of the molecule is COc1c(C(=O)NCC(C)(C)N=O)cccc1C(C)C. The van der Waals surface area contributed by atoms with E-state index in [9.17, 15) is 9.70 Å². The topological polar surface area (TPSA) is 67.8 Å². The van der Waals surface area contributed by atoms with E-state index in [2.05, 4.69) is 10.5 Å². The second-order valence-corrected chi connectivity index (χ2v) is 5.67. The van der Waals surface area contributed by atoms with Crippen LogP contribution in [0.25, 0.3) is 0 Å². The Morgan fingerprint density at radius 2 is 2.05 bits per heavy atom. The number of para-hydroxylation sites is 1. The van der Waals surface area contributed by atoms with Gasteiger partial charge in [0.1, 0.15) is 11.3 Å². The van der Waals surface area contributed by atoms with Crippen LogP contribution in [0.1, 0.15) is 49.5 Å². The van der Waals surface area contributed by atoms with Crippen LogP contribution in [0.2, 0.25) is 0 Å². The number of nitrogens with zero attached hydrogens (tertiary/aromatic N) is 1. The lowest BCUT2D eigenvalue weighted by Crippen LogP contribution is -2.37. The number of benzene rings is 1. The summed E-state index contributed by atoms with van der Waals surface area (Å²) in [7, 11) is 1.55. The molecule has 0 radical (unpaired) electrons. The molecule has 0 saturated heterocycles. The molecule has 0 fully saturated rings. The van der Waals surface area contributed by atoms with Crippen LogP contribution >= 0.6 is 0 Å². The molecule has 1 aromatic rings. The quantitative estimate of drug-likeness (QED) is 0.813. The summed E-state index contributed by atoms with van der Waals surface area (Å²) >= 11 is 0. The first kappa shape index (κ1) is 16.1. The van der Waals surface area contributed by atoms with Gasteiger partial charge >= 0.3 is 0 Å². The summed E-state index contributed by atoms with van der Waals surface area (Å²) in [6.07, 6.45) is 0. The van der Waals surface area contributed by atoms with E-state index >= 15 is 0 Å². The number of carbonyl (C=O) groups excluding carboxylic acids is 1. The Kier molecular flexibility index (Phi) is 5.25. The molecule has 0 spiro atoms. The molecule has 1 amide bonds. The number of methoxy groups -OCH3 is 1. The fraction of sp³-hybridized carbons (Fsp3) is 0.533. The Morgan fingerprint density at radius 3 is 2.55 bits per heavy atom. The fourth-order valence-corrected chi connectivity index (χ4v) is 1.84. The first-order valence-electron chi connectivity index (χ1n) is 6.62. The third-order valence-corrected chi connectivity index (χ3v) is 3.04. The molecule has 1 N–H and O–H groups in total. The fourth-order valence-electron chi connectivity index (χ4n) is 1.84. The van der Waals surface area contributed by atoms with Crippen LogP contribution in [0.3, 0.4) is 0 Å². The van der Waals surface area contributed by atoms with Gasteiger partial charge in [0.2, 0.25) is 0 Å². The molecule has 1 aromatic carbocycles. The molecule has 0 atom stereocenters. The second kappa shape index (κ2) is 6.50. The predicted molar refractivity (Wildman–Crippen MR) is 79.3 cm³/mol. The van der Waals surface area contributed by atoms with Crippen molar-refractivity contribution in [3.63, 3.8) is 0 Å². The third kappa shape index (κ3) is 3.79. The Hall–Kier alpha value is -1.91. The maximum absolute atomic E-state index is 12.2. The van der Waals surface area contributed by atoms with Crippen molar-refractivity contribution >= 4 is 5.91 Å². The molecule has 0 saturated carbocycles. The number of carbonyl (C=O) groups is 1. The lowest BCUT2D eigenvalue weighted by molar-refractivity contribution is 0.0943. The average molecular weight is 278 g/mol. The van der Waals surface area contributed by atoms with E-state index in [0.717, 1.165) is 5.56 Å². The van der Waals surface area contributed by atoms with Gasteiger partial charge in [-0.25, -0.2) is 0 Å². The molecule has 110 valence electrons. The molecule has 5 heteroatoms. The van der Waals surface area contributed by atoms with Crippen molar-refractivity contribution < 1.29 is 9.53 Å². The first-order chi connectivity index (χ1) is 9.32. The van der Waals surface area contributed by atoms with Crippen molar-refractivity contribution in [1.82, 2.24) is 5.32 Å². The molecule has 5 nitrogen and oxygen atoms in total. The minimum atomic E-state index is -0.821. The van der Waals surface area contributed by atoms with Crippen molar-refractivity contribution in [2.75, 3.05) is 13.7 Å². The molecule has 0 aliphatic heterocycles. The summed E-state index contributed by atoms with van der Waals surface area (Å²) < 4.78 is 5.37. The highest BCUT2D eigenvalue weighted by Crippen LogP contribution is 2.29. The van der Waals surface area contributed by atoms with Crippen molar-refractivity contribution in [3.05, 3.63) is 34.2 Å². The van der Waals surface area contributed by atoms with Crippen molar-refractivity contribution in [1.29, 1.82) is 0 Å². The lowest BCUT2D eigenvalue weighted by Gasteiger charge is -2.18. The summed E-state index contributed by atoms with van der Waals surface area (Å²) in [5.74, 6) is 0.573. The van der Waals surface area contributed by atoms with E-state index < -0.39 is 5.54 Å². The average Bonchev–Trinajstić information content (AvgIpc) is 2.43. The van der Waals surface area contributed by atoms with Crippen LogP contribution in [-0.4, -0.2) is 25.1 Å². The maximum atomic E-state index is 12.2. The highest BCUT2D eigenvalue weighted by molar-refractivity contribution is 5.97. The summed E-state index contributed by atoms with van der Waals surface area (Å²) in [4.78, 5) is 22.8. The lowest BCUT2D eigenvalue weighted by atomic mass is 9.98. The monoisotopic (exact) mass is 278 g/mol. The van der Waals surface area contributed by atoms with Gasteiger partial charge in [0.05, 0.1) is 12.7 Å². The van der Waals surface area contributed by atoms with Crippen LogP contribution in [0.5, 0.6) is 5.75 Å². The van der Waals surface area contributed by atoms with Gasteiger partial charge < -0.3 is 10.1 Å². The van der Waals surface area contributed by atoms with Crippen molar-refractivity contribution in [2.24, 2.45) is 5.18 Å². The summed E-state index contributed by atoms with van der Waals surface area (Å²) in [5, 5.41) is 5.70. The Balaban J connectivity index is 2.99. The van der Waals surface area contributed by atoms with E-state index in [-0.39, 0.29) is 18.4 Å². The molecular formula is C15H22N2O3. The van der Waals surface area contributed by atoms with Crippen LogP contribution < -0.4 is 10.1 Å². The molecule has 0 unspecified atom stereocenters. The zero-order valence-corrected chi connectivity index (χ0v) is 12.7. The molecule has 1 rings (SSSR count). The molecule has 0 bridgehead atoms. The number of rotatable bonds is 6.